The van der Waals surface area contributed by atoms with E-state index in [2.05, 4.69) is 63.1 Å². The number of aromatic nitrogens is 2. The zero-order chi connectivity index (χ0) is 39.4. The van der Waals surface area contributed by atoms with E-state index < -0.39 is 61.1 Å². The Kier molecular flexibility index (Phi) is 12.4. The predicted molar refractivity (Wildman–Crippen MR) is 212 cm³/mol. The van der Waals surface area contributed by atoms with Crippen LogP contribution in [0.1, 0.15) is 55.7 Å². The van der Waals surface area contributed by atoms with Crippen molar-refractivity contribution in [3.8, 4) is 5.75 Å². The van der Waals surface area contributed by atoms with Crippen LogP contribution >= 0.6 is 12.0 Å². The van der Waals surface area contributed by atoms with Gasteiger partial charge >= 0.3 is 11.8 Å². The van der Waals surface area contributed by atoms with Crippen molar-refractivity contribution in [1.82, 2.24) is 9.55 Å². The number of carbonyl (C=O) groups excluding carboxylic acids is 1. The molecule has 0 amide bonds. The fourth-order valence-corrected chi connectivity index (χ4v) is 8.98. The average Bonchev–Trinajstić information content (AvgIpc) is 3.78. The number of nitrogens with zero attached hydrogens (tertiary/aromatic N) is 1. The van der Waals surface area contributed by atoms with Crippen LogP contribution in [0.15, 0.2) is 101 Å². The second-order valence-corrected chi connectivity index (χ2v) is 21.1. The van der Waals surface area contributed by atoms with Gasteiger partial charge in [0, 0.05) is 30.2 Å². The fraction of sp³-hybridized carbons (Fsp3) is 0.439. The molecule has 2 fully saturated rings. The van der Waals surface area contributed by atoms with Crippen LogP contribution in [0.5, 0.6) is 5.75 Å². The van der Waals surface area contributed by atoms with E-state index in [0.29, 0.717) is 12.0 Å². The Balaban J connectivity index is 1.17. The van der Waals surface area contributed by atoms with Crippen LogP contribution in [0.3, 0.4) is 0 Å². The summed E-state index contributed by atoms with van der Waals surface area (Å²) in [5, 5.41) is -0.109. The summed E-state index contributed by atoms with van der Waals surface area (Å²) >= 11 is 1.28. The molecule has 2 aliphatic heterocycles. The van der Waals surface area contributed by atoms with Crippen LogP contribution in [0.2, 0.25) is 18.1 Å². The molecule has 1 N–H and O–H groups in total. The number of hydrogen-bond acceptors (Lipinski definition) is 11. The van der Waals surface area contributed by atoms with E-state index in [1.807, 2.05) is 60.7 Å². The van der Waals surface area contributed by atoms with Gasteiger partial charge in [0.2, 0.25) is 0 Å². The van der Waals surface area contributed by atoms with Gasteiger partial charge in [0.1, 0.15) is 35.5 Å². The number of ether oxygens (including phenoxy) is 5. The molecular formula is C41H50N2O10SSi. The maximum absolute atomic E-state index is 13.3. The normalized spacial score (nSPS) is 21.7. The van der Waals surface area contributed by atoms with E-state index in [1.165, 1.54) is 22.8 Å². The largest absolute Gasteiger partial charge is 0.508 e. The highest BCUT2D eigenvalue weighted by molar-refractivity contribution is 7.96. The third-order valence-electron chi connectivity index (χ3n) is 10.6. The predicted octanol–water partition coefficient (Wildman–Crippen LogP) is 7.11. The van der Waals surface area contributed by atoms with Crippen molar-refractivity contribution in [2.24, 2.45) is 0 Å². The van der Waals surface area contributed by atoms with Crippen molar-refractivity contribution < 1.29 is 37.1 Å². The third kappa shape index (κ3) is 8.95. The molecule has 0 spiro atoms. The van der Waals surface area contributed by atoms with Crippen LogP contribution in [-0.2, 0) is 32.3 Å². The van der Waals surface area contributed by atoms with Crippen molar-refractivity contribution in [1.29, 1.82) is 0 Å². The number of nitrogens with one attached hydrogen (secondary N) is 1. The number of methoxy groups -OCH3 is 1. The monoisotopic (exact) mass is 790 g/mol. The van der Waals surface area contributed by atoms with Crippen LogP contribution in [0.4, 0.5) is 4.79 Å². The lowest BCUT2D eigenvalue weighted by atomic mass is 9.84. The van der Waals surface area contributed by atoms with Crippen LogP contribution < -0.4 is 16.0 Å². The summed E-state index contributed by atoms with van der Waals surface area (Å²) in [6, 6.07) is 28.1. The van der Waals surface area contributed by atoms with Crippen molar-refractivity contribution in [2.45, 2.75) is 87.6 Å². The first kappa shape index (κ1) is 40.5. The lowest BCUT2D eigenvalue weighted by molar-refractivity contribution is -0.0653. The minimum atomic E-state index is -2.31. The van der Waals surface area contributed by atoms with E-state index in [-0.39, 0.29) is 24.9 Å². The maximum atomic E-state index is 13.3. The number of benzene rings is 3. The number of carbonyl (C=O) groups is 1. The highest BCUT2D eigenvalue weighted by atomic mass is 32.2. The van der Waals surface area contributed by atoms with Gasteiger partial charge in [0.25, 0.3) is 5.56 Å². The zero-order valence-electron chi connectivity index (χ0n) is 32.3. The molecule has 1 aromatic heterocycles. The summed E-state index contributed by atoms with van der Waals surface area (Å²) in [5.74, 6) is 0.734. The van der Waals surface area contributed by atoms with Crippen LogP contribution in [0.25, 0.3) is 0 Å². The molecule has 55 heavy (non-hydrogen) atoms. The van der Waals surface area contributed by atoms with Gasteiger partial charge in [0.05, 0.1) is 26.4 Å². The van der Waals surface area contributed by atoms with Gasteiger partial charge < -0.3 is 32.3 Å². The molecule has 294 valence electrons. The van der Waals surface area contributed by atoms with Crippen molar-refractivity contribution >= 4 is 26.5 Å². The van der Waals surface area contributed by atoms with Crippen LogP contribution in [-0.4, -0.2) is 75.4 Å². The first-order valence-electron chi connectivity index (χ1n) is 18.4. The van der Waals surface area contributed by atoms with E-state index in [0.717, 1.165) is 22.4 Å². The van der Waals surface area contributed by atoms with E-state index in [9.17, 15) is 14.4 Å². The molecule has 0 bridgehead atoms. The number of aryl methyl sites for hydroxylation is 1. The molecule has 3 aromatic carbocycles. The van der Waals surface area contributed by atoms with E-state index in [4.69, 9.17) is 32.3 Å². The molecule has 14 heteroatoms. The Morgan fingerprint density at radius 1 is 0.891 bits per heavy atom. The second-order valence-electron chi connectivity index (χ2n) is 15.4. The van der Waals surface area contributed by atoms with Crippen LogP contribution in [0, 0.1) is 6.92 Å². The number of hydrogen-bond donors (Lipinski definition) is 1. The standard InChI is InChI=1S/C41H50N2O10SSi/c1-27-23-43(38(45)42-37(27)44)36-22-32(53-55(6,7)40(2,3)4)34(50-36)26-49-39(46)51-33-24-48-25-35(33)52-54-41(28-14-10-8-11-15-28,29-16-12-9-13-17-29)30-18-20-31(47-5)21-19-30/h8-21,23,32-36H,22,24-26H2,1-7H3,(H,42,44,45)/t32-,33-,34+,35+,36+/m0/s1. The Labute approximate surface area is 326 Å². The molecule has 12 nitrogen and oxygen atoms in total. The fourth-order valence-electron chi connectivity index (χ4n) is 6.47. The van der Waals surface area contributed by atoms with Gasteiger partial charge in [-0.05, 0) is 53.9 Å². The first-order valence-corrected chi connectivity index (χ1v) is 22.0. The quantitative estimate of drug-likeness (QED) is 0.0643. The van der Waals surface area contributed by atoms with Gasteiger partial charge in [-0.1, -0.05) is 93.6 Å². The topological polar surface area (TPSA) is 137 Å². The third-order valence-corrected chi connectivity index (χ3v) is 16.4. The molecule has 2 saturated heterocycles. The summed E-state index contributed by atoms with van der Waals surface area (Å²) in [4.78, 5) is 40.5. The molecule has 0 unspecified atom stereocenters. The Morgan fingerprint density at radius 2 is 1.49 bits per heavy atom. The summed E-state index contributed by atoms with van der Waals surface area (Å²) in [7, 11) is -0.677. The molecule has 0 saturated carbocycles. The molecule has 0 radical (unpaired) electrons. The highest BCUT2D eigenvalue weighted by Crippen LogP contribution is 2.50. The molecular weight excluding hydrogens is 741 g/mol. The number of H-pyrrole nitrogens is 1. The molecule has 3 heterocycles. The molecule has 5 atom stereocenters. The molecule has 2 aliphatic rings. The summed E-state index contributed by atoms with van der Waals surface area (Å²) in [6.45, 7) is 12.4. The van der Waals surface area contributed by atoms with Crippen molar-refractivity contribution in [3.05, 3.63) is 134 Å². The summed E-state index contributed by atoms with van der Waals surface area (Å²) in [5.41, 5.74) is 2.28. The molecule has 6 rings (SSSR count). The lowest BCUT2D eigenvalue weighted by Crippen LogP contribution is -2.46. The van der Waals surface area contributed by atoms with Gasteiger partial charge in [-0.2, -0.15) is 0 Å². The Hall–Kier alpha value is -4.18. The minimum Gasteiger partial charge on any atom is -0.497 e. The van der Waals surface area contributed by atoms with E-state index >= 15 is 0 Å². The van der Waals surface area contributed by atoms with Crippen molar-refractivity contribution in [3.63, 3.8) is 0 Å². The minimum absolute atomic E-state index is 0.109. The number of rotatable bonds is 13. The molecule has 4 aromatic rings. The average molecular weight is 791 g/mol. The maximum Gasteiger partial charge on any atom is 0.508 e. The Morgan fingerprint density at radius 3 is 2.09 bits per heavy atom. The SMILES string of the molecule is COc1ccc(C(SO[C@@H]2COC[C@@H]2OC(=O)OC[C@H]2O[C@@H](n3cc(C)c(=O)[nH]c3=O)C[C@@H]2O[Si](C)(C)C(C)(C)C)(c2ccccc2)c2ccccc2)cc1. The van der Waals surface area contributed by atoms with Gasteiger partial charge in [-0.25, -0.2) is 9.59 Å². The summed E-state index contributed by atoms with van der Waals surface area (Å²) < 4.78 is 42.9. The van der Waals surface area contributed by atoms with E-state index in [1.54, 1.807) is 14.0 Å². The lowest BCUT2D eigenvalue weighted by Gasteiger charge is -2.39. The second kappa shape index (κ2) is 16.9. The van der Waals surface area contributed by atoms with Gasteiger partial charge in [-0.3, -0.25) is 14.3 Å². The first-order chi connectivity index (χ1) is 26.2. The molecule has 0 aliphatic carbocycles. The Bertz CT molecular complexity index is 1980. The van der Waals surface area contributed by atoms with Crippen molar-refractivity contribution in [2.75, 3.05) is 26.9 Å². The van der Waals surface area contributed by atoms with Gasteiger partial charge in [-0.15, -0.1) is 0 Å². The zero-order valence-corrected chi connectivity index (χ0v) is 34.1. The van der Waals surface area contributed by atoms with Gasteiger partial charge in [0.15, 0.2) is 14.4 Å². The number of aromatic amines is 1. The summed E-state index contributed by atoms with van der Waals surface area (Å²) in [6.07, 6.45) is -2.39. The highest BCUT2D eigenvalue weighted by Gasteiger charge is 2.46. The smallest absolute Gasteiger partial charge is 0.497 e.